The molecule has 0 aliphatic carbocycles. The number of hydrogen-bond acceptors (Lipinski definition) is 2. The molecule has 0 aliphatic rings. The van der Waals surface area contributed by atoms with Gasteiger partial charge in [0.15, 0.2) is 0 Å². The number of benzene rings is 1. The van der Waals surface area contributed by atoms with Crippen molar-refractivity contribution in [2.24, 2.45) is 0 Å². The smallest absolute Gasteiger partial charge is 0.0724 e. The fourth-order valence-electron chi connectivity index (χ4n) is 1.75. The molecule has 2 aromatic heterocycles. The lowest BCUT2D eigenvalue weighted by Crippen LogP contribution is -1.82. The van der Waals surface area contributed by atoms with E-state index >= 15 is 0 Å². The van der Waals surface area contributed by atoms with Crippen LogP contribution in [0.1, 0.15) is 10.6 Å². The summed E-state index contributed by atoms with van der Waals surface area (Å²) in [7, 11) is 0. The van der Waals surface area contributed by atoms with E-state index in [-0.39, 0.29) is 0 Å². The van der Waals surface area contributed by atoms with E-state index in [9.17, 15) is 0 Å². The van der Waals surface area contributed by atoms with Gasteiger partial charge in [0.1, 0.15) is 0 Å². The topological polar surface area (TPSA) is 12.9 Å². The third kappa shape index (κ3) is 2.45. The predicted molar refractivity (Wildman–Crippen MR) is 80.0 cm³/mol. The first-order chi connectivity index (χ1) is 8.81. The minimum absolute atomic E-state index is 0.717. The molecule has 0 aliphatic heterocycles. The van der Waals surface area contributed by atoms with Crippen LogP contribution in [0.4, 0.5) is 0 Å². The van der Waals surface area contributed by atoms with E-state index in [1.807, 2.05) is 36.4 Å². The summed E-state index contributed by atoms with van der Waals surface area (Å²) in [4.78, 5) is 5.79. The highest BCUT2D eigenvalue weighted by Gasteiger charge is 1.97. The summed E-state index contributed by atoms with van der Waals surface area (Å²) in [5, 5.41) is 3.88. The van der Waals surface area contributed by atoms with Gasteiger partial charge in [-0.05, 0) is 41.8 Å². The Balaban J connectivity index is 1.98. The summed E-state index contributed by atoms with van der Waals surface area (Å²) in [6.07, 6.45) is 4.09. The number of thiophene rings is 1. The standard InChI is InChI=1S/C15H10ClNS/c16-12-5-3-11-4-6-13(17-15(11)10-12)7-8-14-2-1-9-18-14/h1-10H. The lowest BCUT2D eigenvalue weighted by Gasteiger charge is -1.99. The number of fused-ring (bicyclic) bond motifs is 1. The highest BCUT2D eigenvalue weighted by atomic mass is 35.5. The number of aromatic nitrogens is 1. The van der Waals surface area contributed by atoms with Gasteiger partial charge >= 0.3 is 0 Å². The largest absolute Gasteiger partial charge is 0.248 e. The van der Waals surface area contributed by atoms with Crippen LogP contribution in [0.5, 0.6) is 0 Å². The van der Waals surface area contributed by atoms with Crippen molar-refractivity contribution in [3.05, 3.63) is 63.4 Å². The van der Waals surface area contributed by atoms with Crippen LogP contribution in [0, 0.1) is 0 Å². The van der Waals surface area contributed by atoms with Crippen molar-refractivity contribution < 1.29 is 0 Å². The molecular formula is C15H10ClNS. The molecule has 3 aromatic rings. The highest BCUT2D eigenvalue weighted by Crippen LogP contribution is 2.19. The highest BCUT2D eigenvalue weighted by molar-refractivity contribution is 7.10. The zero-order chi connectivity index (χ0) is 12.4. The molecule has 3 heteroatoms. The van der Waals surface area contributed by atoms with Crippen LogP contribution in [0.15, 0.2) is 47.8 Å². The number of hydrogen-bond donors (Lipinski definition) is 0. The van der Waals surface area contributed by atoms with Crippen LogP contribution in [-0.4, -0.2) is 4.98 Å². The van der Waals surface area contributed by atoms with Crippen molar-refractivity contribution >= 4 is 46.0 Å². The Morgan fingerprint density at radius 1 is 1.06 bits per heavy atom. The van der Waals surface area contributed by atoms with E-state index in [0.717, 1.165) is 21.6 Å². The lowest BCUT2D eigenvalue weighted by atomic mass is 10.2. The van der Waals surface area contributed by atoms with Crippen LogP contribution >= 0.6 is 22.9 Å². The molecule has 88 valence electrons. The lowest BCUT2D eigenvalue weighted by molar-refractivity contribution is 1.37. The summed E-state index contributed by atoms with van der Waals surface area (Å²) < 4.78 is 0. The van der Waals surface area contributed by atoms with Gasteiger partial charge in [0, 0.05) is 15.3 Å². The van der Waals surface area contributed by atoms with Crippen molar-refractivity contribution in [2.45, 2.75) is 0 Å². The normalized spacial score (nSPS) is 11.4. The molecule has 0 fully saturated rings. The Hall–Kier alpha value is -1.64. The number of pyridine rings is 1. The molecule has 18 heavy (non-hydrogen) atoms. The number of nitrogens with zero attached hydrogens (tertiary/aromatic N) is 1. The molecule has 0 spiro atoms. The van der Waals surface area contributed by atoms with Crippen LogP contribution in [0.25, 0.3) is 23.1 Å². The Kier molecular flexibility index (Phi) is 3.13. The van der Waals surface area contributed by atoms with Gasteiger partial charge in [0.2, 0.25) is 0 Å². The minimum Gasteiger partial charge on any atom is -0.248 e. The molecule has 1 nitrogen and oxygen atoms in total. The predicted octanol–water partition coefficient (Wildman–Crippen LogP) is 5.12. The first-order valence-corrected chi connectivity index (χ1v) is 6.85. The van der Waals surface area contributed by atoms with Gasteiger partial charge in [0.25, 0.3) is 0 Å². The first-order valence-electron chi connectivity index (χ1n) is 5.59. The van der Waals surface area contributed by atoms with Gasteiger partial charge in [0.05, 0.1) is 11.2 Å². The molecule has 0 saturated carbocycles. The monoisotopic (exact) mass is 271 g/mol. The van der Waals surface area contributed by atoms with Crippen molar-refractivity contribution in [1.82, 2.24) is 4.98 Å². The fourth-order valence-corrected chi connectivity index (χ4v) is 2.54. The van der Waals surface area contributed by atoms with Gasteiger partial charge in [-0.25, -0.2) is 4.98 Å². The molecule has 1 aromatic carbocycles. The van der Waals surface area contributed by atoms with Crippen molar-refractivity contribution in [2.75, 3.05) is 0 Å². The summed E-state index contributed by atoms with van der Waals surface area (Å²) >= 11 is 7.69. The van der Waals surface area contributed by atoms with E-state index in [1.54, 1.807) is 11.3 Å². The molecule has 3 rings (SSSR count). The molecule has 0 radical (unpaired) electrons. The summed E-state index contributed by atoms with van der Waals surface area (Å²) in [6.45, 7) is 0. The zero-order valence-electron chi connectivity index (χ0n) is 9.51. The Labute approximate surface area is 114 Å². The molecule has 0 unspecified atom stereocenters. The molecule has 2 heterocycles. The van der Waals surface area contributed by atoms with E-state index in [2.05, 4.69) is 28.6 Å². The van der Waals surface area contributed by atoms with E-state index in [0.29, 0.717) is 0 Å². The first kappa shape index (κ1) is 11.5. The average Bonchev–Trinajstić information content (AvgIpc) is 2.89. The molecule has 0 N–H and O–H groups in total. The maximum absolute atomic E-state index is 5.97. The Morgan fingerprint density at radius 2 is 1.94 bits per heavy atom. The van der Waals surface area contributed by atoms with Gasteiger partial charge < -0.3 is 0 Å². The van der Waals surface area contributed by atoms with Crippen LogP contribution in [0.2, 0.25) is 5.02 Å². The maximum atomic E-state index is 5.97. The minimum atomic E-state index is 0.717. The third-order valence-corrected chi connectivity index (χ3v) is 3.71. The van der Waals surface area contributed by atoms with Gasteiger partial charge in [-0.2, -0.15) is 0 Å². The second-order valence-electron chi connectivity index (χ2n) is 3.92. The molecule has 0 amide bonds. The van der Waals surface area contributed by atoms with Gasteiger partial charge in [-0.15, -0.1) is 11.3 Å². The van der Waals surface area contributed by atoms with E-state index in [1.165, 1.54) is 4.88 Å². The van der Waals surface area contributed by atoms with Crippen molar-refractivity contribution in [1.29, 1.82) is 0 Å². The number of halogens is 1. The molecule has 0 saturated heterocycles. The maximum Gasteiger partial charge on any atom is 0.0724 e. The van der Waals surface area contributed by atoms with Crippen molar-refractivity contribution in [3.63, 3.8) is 0 Å². The zero-order valence-corrected chi connectivity index (χ0v) is 11.1. The Morgan fingerprint density at radius 3 is 2.78 bits per heavy atom. The third-order valence-electron chi connectivity index (χ3n) is 2.64. The van der Waals surface area contributed by atoms with E-state index < -0.39 is 0 Å². The molecule has 0 bridgehead atoms. The Bertz CT molecular complexity index is 702. The van der Waals surface area contributed by atoms with Crippen LogP contribution in [0.3, 0.4) is 0 Å². The van der Waals surface area contributed by atoms with Gasteiger partial charge in [-0.3, -0.25) is 0 Å². The van der Waals surface area contributed by atoms with Crippen LogP contribution in [-0.2, 0) is 0 Å². The fraction of sp³-hybridized carbons (Fsp3) is 0. The quantitative estimate of drug-likeness (QED) is 0.630. The second-order valence-corrected chi connectivity index (χ2v) is 5.34. The number of rotatable bonds is 2. The second kappa shape index (κ2) is 4.92. The van der Waals surface area contributed by atoms with E-state index in [4.69, 9.17) is 11.6 Å². The SMILES string of the molecule is Clc1ccc2ccc(C=Cc3cccs3)nc2c1. The summed E-state index contributed by atoms with van der Waals surface area (Å²) in [5.41, 5.74) is 1.87. The summed E-state index contributed by atoms with van der Waals surface area (Å²) in [5.74, 6) is 0. The average molecular weight is 272 g/mol. The molecule has 0 atom stereocenters. The van der Waals surface area contributed by atoms with Crippen molar-refractivity contribution in [3.8, 4) is 0 Å². The van der Waals surface area contributed by atoms with Crippen LogP contribution < -0.4 is 0 Å². The molecular weight excluding hydrogens is 262 g/mol. The van der Waals surface area contributed by atoms with Gasteiger partial charge in [-0.1, -0.05) is 29.8 Å². The summed E-state index contributed by atoms with van der Waals surface area (Å²) in [6, 6.07) is 14.0.